The molecule has 0 bridgehead atoms. The molecular formula is C12H11FN2S. The highest BCUT2D eigenvalue weighted by Crippen LogP contribution is 2.20. The van der Waals surface area contributed by atoms with Gasteiger partial charge >= 0.3 is 0 Å². The molecule has 4 heteroatoms. The Hall–Kier alpha value is -1.42. The van der Waals surface area contributed by atoms with E-state index in [2.05, 4.69) is 9.97 Å². The molecule has 0 aliphatic heterocycles. The minimum Gasteiger partial charge on any atom is -0.242 e. The van der Waals surface area contributed by atoms with Gasteiger partial charge < -0.3 is 0 Å². The van der Waals surface area contributed by atoms with Crippen molar-refractivity contribution >= 4 is 11.8 Å². The minimum atomic E-state index is -0.202. The van der Waals surface area contributed by atoms with Crippen molar-refractivity contribution in [3.63, 3.8) is 0 Å². The van der Waals surface area contributed by atoms with Gasteiger partial charge in [-0.25, -0.2) is 14.4 Å². The summed E-state index contributed by atoms with van der Waals surface area (Å²) in [4.78, 5) is 8.18. The molecule has 82 valence electrons. The Labute approximate surface area is 97.9 Å². The molecule has 16 heavy (non-hydrogen) atoms. The summed E-state index contributed by atoms with van der Waals surface area (Å²) < 4.78 is 12.7. The van der Waals surface area contributed by atoms with Crippen LogP contribution in [0.2, 0.25) is 0 Å². The van der Waals surface area contributed by atoms with E-state index >= 15 is 0 Å². The van der Waals surface area contributed by atoms with Crippen LogP contribution < -0.4 is 0 Å². The van der Waals surface area contributed by atoms with Gasteiger partial charge in [0.05, 0.1) is 5.03 Å². The van der Waals surface area contributed by atoms with Gasteiger partial charge in [-0.05, 0) is 30.7 Å². The molecule has 0 N–H and O–H groups in total. The van der Waals surface area contributed by atoms with Crippen molar-refractivity contribution in [1.82, 2.24) is 9.97 Å². The van der Waals surface area contributed by atoms with E-state index in [9.17, 15) is 4.39 Å². The first kappa shape index (κ1) is 11.1. The second-order valence-corrected chi connectivity index (χ2v) is 4.41. The summed E-state index contributed by atoms with van der Waals surface area (Å²) in [5.41, 5.74) is 2.04. The standard InChI is InChI=1S/C12H11FN2S/c1-9-6-12(15-8-14-9)16-7-10-2-4-11(13)5-3-10/h2-6,8H,7H2,1H3. The molecular weight excluding hydrogens is 223 g/mol. The van der Waals surface area contributed by atoms with Crippen molar-refractivity contribution < 1.29 is 4.39 Å². The molecule has 0 saturated heterocycles. The molecule has 0 unspecified atom stereocenters. The van der Waals surface area contributed by atoms with Crippen LogP contribution in [-0.2, 0) is 5.75 Å². The third kappa shape index (κ3) is 3.03. The highest BCUT2D eigenvalue weighted by molar-refractivity contribution is 7.98. The van der Waals surface area contributed by atoms with Crippen LogP contribution in [0.25, 0.3) is 0 Å². The number of nitrogens with zero attached hydrogens (tertiary/aromatic N) is 2. The average molecular weight is 234 g/mol. The monoisotopic (exact) mass is 234 g/mol. The molecule has 1 aromatic heterocycles. The van der Waals surface area contributed by atoms with Crippen LogP contribution in [0.1, 0.15) is 11.3 Å². The Bertz CT molecular complexity index is 471. The van der Waals surface area contributed by atoms with Crippen LogP contribution in [0.5, 0.6) is 0 Å². The van der Waals surface area contributed by atoms with Crippen LogP contribution in [0.15, 0.2) is 41.7 Å². The zero-order valence-corrected chi connectivity index (χ0v) is 9.67. The Morgan fingerprint density at radius 3 is 2.62 bits per heavy atom. The number of hydrogen-bond donors (Lipinski definition) is 0. The first-order valence-electron chi connectivity index (χ1n) is 4.90. The molecule has 2 nitrogen and oxygen atoms in total. The largest absolute Gasteiger partial charge is 0.242 e. The van der Waals surface area contributed by atoms with E-state index in [1.165, 1.54) is 12.1 Å². The van der Waals surface area contributed by atoms with E-state index in [0.717, 1.165) is 22.0 Å². The fourth-order valence-electron chi connectivity index (χ4n) is 1.25. The Kier molecular flexibility index (Phi) is 3.51. The molecule has 0 aliphatic rings. The maximum atomic E-state index is 12.7. The molecule has 2 rings (SSSR count). The SMILES string of the molecule is Cc1cc(SCc2ccc(F)cc2)ncn1. The molecule has 0 radical (unpaired) electrons. The van der Waals surface area contributed by atoms with Gasteiger partial charge in [-0.15, -0.1) is 11.8 Å². The number of aromatic nitrogens is 2. The van der Waals surface area contributed by atoms with Crippen LogP contribution in [0.4, 0.5) is 4.39 Å². The summed E-state index contributed by atoms with van der Waals surface area (Å²) >= 11 is 1.62. The molecule has 2 aromatic rings. The van der Waals surface area contributed by atoms with E-state index < -0.39 is 0 Å². The maximum absolute atomic E-state index is 12.7. The second kappa shape index (κ2) is 5.07. The number of aryl methyl sites for hydroxylation is 1. The molecule has 0 amide bonds. The van der Waals surface area contributed by atoms with Crippen LogP contribution in [0, 0.1) is 12.7 Å². The lowest BCUT2D eigenvalue weighted by atomic mass is 10.2. The molecule has 1 heterocycles. The van der Waals surface area contributed by atoms with Gasteiger partial charge in [-0.1, -0.05) is 12.1 Å². The summed E-state index contributed by atoms with van der Waals surface area (Å²) in [7, 11) is 0. The smallest absolute Gasteiger partial charge is 0.123 e. The minimum absolute atomic E-state index is 0.202. The van der Waals surface area contributed by atoms with Gasteiger partial charge in [0.25, 0.3) is 0 Å². The Balaban J connectivity index is 1.99. The summed E-state index contributed by atoms with van der Waals surface area (Å²) in [6.07, 6.45) is 1.56. The number of rotatable bonds is 3. The lowest BCUT2D eigenvalue weighted by Crippen LogP contribution is -1.87. The molecule has 0 atom stereocenters. The normalized spacial score (nSPS) is 10.4. The quantitative estimate of drug-likeness (QED) is 0.602. The molecule has 0 saturated carbocycles. The Morgan fingerprint density at radius 1 is 1.19 bits per heavy atom. The molecule has 1 aromatic carbocycles. The summed E-state index contributed by atoms with van der Waals surface area (Å²) in [5, 5.41) is 0.942. The second-order valence-electron chi connectivity index (χ2n) is 3.41. The van der Waals surface area contributed by atoms with Crippen LogP contribution in [-0.4, -0.2) is 9.97 Å². The highest BCUT2D eigenvalue weighted by atomic mass is 32.2. The van der Waals surface area contributed by atoms with Crippen LogP contribution in [0.3, 0.4) is 0 Å². The number of halogens is 1. The Morgan fingerprint density at radius 2 is 1.94 bits per heavy atom. The summed E-state index contributed by atoms with van der Waals surface area (Å²) in [6, 6.07) is 8.46. The third-order valence-corrected chi connectivity index (χ3v) is 3.08. The fourth-order valence-corrected chi connectivity index (χ4v) is 2.13. The van der Waals surface area contributed by atoms with Crippen molar-refractivity contribution in [3.05, 3.63) is 53.7 Å². The topological polar surface area (TPSA) is 25.8 Å². The van der Waals surface area contributed by atoms with Gasteiger partial charge in [0.15, 0.2) is 0 Å². The van der Waals surface area contributed by atoms with Crippen molar-refractivity contribution in [1.29, 1.82) is 0 Å². The van der Waals surface area contributed by atoms with Gasteiger partial charge in [0.2, 0.25) is 0 Å². The van der Waals surface area contributed by atoms with Gasteiger partial charge in [-0.3, -0.25) is 0 Å². The molecule has 0 aliphatic carbocycles. The lowest BCUT2D eigenvalue weighted by Gasteiger charge is -2.01. The van der Waals surface area contributed by atoms with E-state index in [1.54, 1.807) is 30.2 Å². The zero-order chi connectivity index (χ0) is 11.4. The lowest BCUT2D eigenvalue weighted by molar-refractivity contribution is 0.627. The van der Waals surface area contributed by atoms with Crippen molar-refractivity contribution in [2.45, 2.75) is 17.7 Å². The maximum Gasteiger partial charge on any atom is 0.123 e. The van der Waals surface area contributed by atoms with Crippen molar-refractivity contribution in [2.24, 2.45) is 0 Å². The number of hydrogen-bond acceptors (Lipinski definition) is 3. The predicted octanol–water partition coefficient (Wildman–Crippen LogP) is 3.22. The van der Waals surface area contributed by atoms with E-state index in [0.29, 0.717) is 0 Å². The summed E-state index contributed by atoms with van der Waals surface area (Å²) in [6.45, 7) is 1.93. The highest BCUT2D eigenvalue weighted by Gasteiger charge is 1.98. The zero-order valence-electron chi connectivity index (χ0n) is 8.85. The van der Waals surface area contributed by atoms with Crippen molar-refractivity contribution in [2.75, 3.05) is 0 Å². The first-order chi connectivity index (χ1) is 7.74. The molecule has 0 fully saturated rings. The number of benzene rings is 1. The van der Waals surface area contributed by atoms with E-state index in [-0.39, 0.29) is 5.82 Å². The van der Waals surface area contributed by atoms with Crippen molar-refractivity contribution in [3.8, 4) is 0 Å². The van der Waals surface area contributed by atoms with Gasteiger partial charge in [-0.2, -0.15) is 0 Å². The average Bonchev–Trinajstić information content (AvgIpc) is 2.28. The first-order valence-corrected chi connectivity index (χ1v) is 5.88. The number of thioether (sulfide) groups is 1. The predicted molar refractivity (Wildman–Crippen MR) is 62.7 cm³/mol. The van der Waals surface area contributed by atoms with Crippen LogP contribution >= 0.6 is 11.8 Å². The van der Waals surface area contributed by atoms with E-state index in [1.807, 2.05) is 13.0 Å². The van der Waals surface area contributed by atoms with Gasteiger partial charge in [0, 0.05) is 11.4 Å². The molecule has 0 spiro atoms. The fraction of sp³-hybridized carbons (Fsp3) is 0.167. The third-order valence-electron chi connectivity index (χ3n) is 2.08. The van der Waals surface area contributed by atoms with Gasteiger partial charge in [0.1, 0.15) is 12.1 Å². The summed E-state index contributed by atoms with van der Waals surface area (Å²) in [5.74, 6) is 0.586. The van der Waals surface area contributed by atoms with E-state index in [4.69, 9.17) is 0 Å².